The summed E-state index contributed by atoms with van der Waals surface area (Å²) in [7, 11) is 0. The predicted octanol–water partition coefficient (Wildman–Crippen LogP) is 4.76. The van der Waals surface area contributed by atoms with Crippen LogP contribution in [0.1, 0.15) is 39.0 Å². The number of thioether (sulfide) groups is 1. The van der Waals surface area contributed by atoms with E-state index in [1.807, 2.05) is 36.4 Å². The van der Waals surface area contributed by atoms with Crippen molar-refractivity contribution in [3.8, 4) is 0 Å². The van der Waals surface area contributed by atoms with E-state index in [2.05, 4.69) is 10.5 Å². The van der Waals surface area contributed by atoms with Gasteiger partial charge < -0.3 is 0 Å². The minimum absolute atomic E-state index is 0.0553. The van der Waals surface area contributed by atoms with E-state index >= 15 is 0 Å². The fourth-order valence-corrected chi connectivity index (χ4v) is 4.73. The molecule has 8 heteroatoms. The average molecular weight is 432 g/mol. The number of carbonyl (C=O) groups is 2. The van der Waals surface area contributed by atoms with Crippen LogP contribution < -0.4 is 5.43 Å². The maximum absolute atomic E-state index is 12.4. The van der Waals surface area contributed by atoms with Gasteiger partial charge >= 0.3 is 0 Å². The number of aromatic nitrogens is 2. The first kappa shape index (κ1) is 19.2. The molecule has 1 aliphatic carbocycles. The van der Waals surface area contributed by atoms with Crippen molar-refractivity contribution in [3.05, 3.63) is 69.1 Å². The van der Waals surface area contributed by atoms with Gasteiger partial charge in [0, 0.05) is 20.7 Å². The summed E-state index contributed by atoms with van der Waals surface area (Å²) in [4.78, 5) is 28.8. The van der Waals surface area contributed by atoms with Gasteiger partial charge in [0.25, 0.3) is 0 Å². The maximum Gasteiger partial charge on any atom is 0.245 e. The quantitative estimate of drug-likeness (QED) is 0.412. The summed E-state index contributed by atoms with van der Waals surface area (Å²) in [6.45, 7) is 0. The SMILES string of the molecule is O=C(Cc1ccc(C(=O)CSc2ccc(Cl)cc2)s1)Nn1nccc1C1CC1. The third kappa shape index (κ3) is 4.84. The molecule has 0 saturated heterocycles. The van der Waals surface area contributed by atoms with Gasteiger partial charge in [0.15, 0.2) is 5.78 Å². The third-order valence-corrected chi connectivity index (χ3v) is 6.74. The molecule has 0 aliphatic heterocycles. The highest BCUT2D eigenvalue weighted by atomic mass is 35.5. The van der Waals surface area contributed by atoms with Crippen LogP contribution >= 0.6 is 34.7 Å². The maximum atomic E-state index is 12.4. The van der Waals surface area contributed by atoms with Crippen molar-refractivity contribution in [2.24, 2.45) is 0 Å². The van der Waals surface area contributed by atoms with Crippen LogP contribution in [-0.2, 0) is 11.2 Å². The molecule has 1 N–H and O–H groups in total. The van der Waals surface area contributed by atoms with Crippen molar-refractivity contribution in [3.63, 3.8) is 0 Å². The van der Waals surface area contributed by atoms with Crippen LogP contribution in [-0.4, -0.2) is 27.3 Å². The zero-order valence-corrected chi connectivity index (χ0v) is 17.3. The van der Waals surface area contributed by atoms with Crippen molar-refractivity contribution in [2.75, 3.05) is 11.2 Å². The highest BCUT2D eigenvalue weighted by Gasteiger charge is 2.27. The number of nitrogens with zero attached hydrogens (tertiary/aromatic N) is 2. The molecule has 1 amide bonds. The van der Waals surface area contributed by atoms with E-state index < -0.39 is 0 Å². The molecular weight excluding hydrogens is 414 g/mol. The number of ketones is 1. The molecule has 0 atom stereocenters. The van der Waals surface area contributed by atoms with Crippen LogP contribution in [0, 0.1) is 0 Å². The number of halogens is 1. The first-order valence-electron chi connectivity index (χ1n) is 8.92. The van der Waals surface area contributed by atoms with Crippen molar-refractivity contribution in [2.45, 2.75) is 30.1 Å². The van der Waals surface area contributed by atoms with Gasteiger partial charge in [-0.1, -0.05) is 11.6 Å². The van der Waals surface area contributed by atoms with E-state index in [0.29, 0.717) is 21.6 Å². The van der Waals surface area contributed by atoms with Crippen LogP contribution in [0.3, 0.4) is 0 Å². The molecule has 5 nitrogen and oxygen atoms in total. The van der Waals surface area contributed by atoms with Crippen molar-refractivity contribution in [1.29, 1.82) is 0 Å². The number of amides is 1. The Bertz CT molecular complexity index is 993. The molecular formula is C20H18ClN3O2S2. The Morgan fingerprint density at radius 2 is 1.96 bits per heavy atom. The molecule has 3 aromatic rings. The number of hydrogen-bond donors (Lipinski definition) is 1. The van der Waals surface area contributed by atoms with E-state index in [0.717, 1.165) is 28.3 Å². The summed E-state index contributed by atoms with van der Waals surface area (Å²) in [6, 6.07) is 13.0. The van der Waals surface area contributed by atoms with E-state index in [9.17, 15) is 9.59 Å². The van der Waals surface area contributed by atoms with Crippen LogP contribution in [0.4, 0.5) is 0 Å². The summed E-state index contributed by atoms with van der Waals surface area (Å²) in [5, 5.41) is 4.85. The van der Waals surface area contributed by atoms with Crippen molar-refractivity contribution in [1.82, 2.24) is 9.89 Å². The summed E-state index contributed by atoms with van der Waals surface area (Å²) in [6.07, 6.45) is 4.22. The van der Waals surface area contributed by atoms with E-state index in [-0.39, 0.29) is 18.1 Å². The number of hydrogen-bond acceptors (Lipinski definition) is 5. The Balaban J connectivity index is 1.30. The standard InChI is InChI=1S/C20H18ClN3O2S2/c21-14-3-5-15(6-4-14)27-12-18(25)19-8-7-16(28-19)11-20(26)23-24-17(9-10-22-24)13-1-2-13/h3-10,13H,1-2,11-12H2,(H,23,26). The molecule has 4 rings (SSSR count). The van der Waals surface area contributed by atoms with Crippen LogP contribution in [0.2, 0.25) is 5.02 Å². The fraction of sp³-hybridized carbons (Fsp3) is 0.250. The smallest absolute Gasteiger partial charge is 0.245 e. The van der Waals surface area contributed by atoms with Crippen LogP contribution in [0.15, 0.2) is 53.6 Å². The van der Waals surface area contributed by atoms with Crippen LogP contribution in [0.25, 0.3) is 0 Å². The Morgan fingerprint density at radius 3 is 2.71 bits per heavy atom. The number of Topliss-reactive ketones (excluding diaryl/α,β-unsaturated/α-hetero) is 1. The summed E-state index contributed by atoms with van der Waals surface area (Å²) < 4.78 is 0. The molecule has 0 unspecified atom stereocenters. The highest BCUT2D eigenvalue weighted by molar-refractivity contribution is 8.00. The minimum atomic E-state index is -0.137. The molecule has 0 bridgehead atoms. The Labute approximate surface area is 176 Å². The van der Waals surface area contributed by atoms with Gasteiger partial charge in [-0.2, -0.15) is 9.89 Å². The highest BCUT2D eigenvalue weighted by Crippen LogP contribution is 2.39. The monoisotopic (exact) mass is 431 g/mol. The average Bonchev–Trinajstić information content (AvgIpc) is 3.24. The molecule has 28 heavy (non-hydrogen) atoms. The summed E-state index contributed by atoms with van der Waals surface area (Å²) in [5.74, 6) is 0.778. The minimum Gasteiger partial charge on any atom is -0.292 e. The molecule has 0 spiro atoms. The van der Waals surface area contributed by atoms with Gasteiger partial charge in [0.2, 0.25) is 5.91 Å². The molecule has 144 valence electrons. The number of carbonyl (C=O) groups excluding carboxylic acids is 2. The first-order valence-corrected chi connectivity index (χ1v) is 11.1. The van der Waals surface area contributed by atoms with Gasteiger partial charge in [-0.05, 0) is 55.3 Å². The second-order valence-electron chi connectivity index (χ2n) is 6.59. The number of thiophene rings is 1. The first-order chi connectivity index (χ1) is 13.6. The van der Waals surface area contributed by atoms with E-state index in [1.54, 1.807) is 17.1 Å². The largest absolute Gasteiger partial charge is 0.292 e. The van der Waals surface area contributed by atoms with E-state index in [4.69, 9.17) is 11.6 Å². The summed E-state index contributed by atoms with van der Waals surface area (Å²) in [5.41, 5.74) is 3.87. The number of nitrogens with one attached hydrogen (secondary N) is 1. The topological polar surface area (TPSA) is 64.0 Å². The predicted molar refractivity (Wildman–Crippen MR) is 113 cm³/mol. The third-order valence-electron chi connectivity index (χ3n) is 4.35. The molecule has 1 saturated carbocycles. The van der Waals surface area contributed by atoms with Gasteiger partial charge in [-0.15, -0.1) is 23.1 Å². The van der Waals surface area contributed by atoms with Crippen LogP contribution in [0.5, 0.6) is 0 Å². The van der Waals surface area contributed by atoms with E-state index in [1.165, 1.54) is 23.1 Å². The second-order valence-corrected chi connectivity index (χ2v) is 9.24. The molecule has 1 aliphatic rings. The van der Waals surface area contributed by atoms with Crippen molar-refractivity contribution >= 4 is 46.4 Å². The molecule has 0 radical (unpaired) electrons. The van der Waals surface area contributed by atoms with Gasteiger partial charge in [0.1, 0.15) is 0 Å². The summed E-state index contributed by atoms with van der Waals surface area (Å²) >= 11 is 8.72. The lowest BCUT2D eigenvalue weighted by molar-refractivity contribution is -0.116. The Hall–Kier alpha value is -2.09. The molecule has 2 aromatic heterocycles. The Morgan fingerprint density at radius 1 is 1.18 bits per heavy atom. The number of benzene rings is 1. The van der Waals surface area contributed by atoms with Gasteiger partial charge in [-0.25, -0.2) is 5.43 Å². The zero-order chi connectivity index (χ0) is 19.5. The molecule has 1 fully saturated rings. The van der Waals surface area contributed by atoms with Gasteiger partial charge in [0.05, 0.1) is 28.9 Å². The zero-order valence-electron chi connectivity index (χ0n) is 14.9. The lowest BCUT2D eigenvalue weighted by atomic mass is 10.3. The normalized spacial score (nSPS) is 13.5. The Kier molecular flexibility index (Phi) is 5.85. The molecule has 2 heterocycles. The lowest BCUT2D eigenvalue weighted by Crippen LogP contribution is -2.26. The fourth-order valence-electron chi connectivity index (χ4n) is 2.78. The van der Waals surface area contributed by atoms with Crippen molar-refractivity contribution < 1.29 is 9.59 Å². The lowest BCUT2D eigenvalue weighted by Gasteiger charge is -2.07. The second kappa shape index (κ2) is 8.51. The van der Waals surface area contributed by atoms with Gasteiger partial charge in [-0.3, -0.25) is 9.59 Å². The molecule has 1 aromatic carbocycles. The number of rotatable bonds is 8.